The quantitative estimate of drug-likeness (QED) is 0.428. The minimum atomic E-state index is -0.429. The van der Waals surface area contributed by atoms with Crippen LogP contribution in [0.5, 0.6) is 0 Å². The molecule has 0 radical (unpaired) electrons. The van der Waals surface area contributed by atoms with Gasteiger partial charge in [-0.15, -0.1) is 0 Å². The van der Waals surface area contributed by atoms with Gasteiger partial charge in [-0.3, -0.25) is 18.5 Å². The molecule has 26 heavy (non-hydrogen) atoms. The van der Waals surface area contributed by atoms with E-state index in [1.807, 2.05) is 37.3 Å². The van der Waals surface area contributed by atoms with Gasteiger partial charge in [-0.25, -0.2) is 10.2 Å². The Hall–Kier alpha value is -3.42. The molecule has 8 nitrogen and oxygen atoms in total. The van der Waals surface area contributed by atoms with Gasteiger partial charge < -0.3 is 0 Å². The van der Waals surface area contributed by atoms with Gasteiger partial charge in [0.2, 0.25) is 5.95 Å². The third-order valence-electron chi connectivity index (χ3n) is 3.95. The SMILES string of the molecule is C=C(C)Cn1c(NN=Cc2ccccc2)nc2c1c(=O)n(C)c(=O)n2C. The molecule has 0 spiro atoms. The van der Waals surface area contributed by atoms with E-state index in [1.165, 1.54) is 11.6 Å². The largest absolute Gasteiger partial charge is 0.332 e. The molecule has 1 N–H and O–H groups in total. The van der Waals surface area contributed by atoms with Crippen molar-refractivity contribution in [3.8, 4) is 0 Å². The molecule has 2 aromatic heterocycles. The van der Waals surface area contributed by atoms with Gasteiger partial charge in [-0.1, -0.05) is 42.5 Å². The van der Waals surface area contributed by atoms with Crippen molar-refractivity contribution >= 4 is 23.3 Å². The molecule has 0 aliphatic carbocycles. The van der Waals surface area contributed by atoms with Crippen LogP contribution >= 0.6 is 0 Å². The van der Waals surface area contributed by atoms with E-state index >= 15 is 0 Å². The number of aromatic nitrogens is 4. The highest BCUT2D eigenvalue weighted by Crippen LogP contribution is 2.17. The van der Waals surface area contributed by atoms with E-state index < -0.39 is 11.2 Å². The van der Waals surface area contributed by atoms with E-state index in [0.29, 0.717) is 23.7 Å². The number of benzene rings is 1. The predicted molar refractivity (Wildman–Crippen MR) is 103 cm³/mol. The van der Waals surface area contributed by atoms with E-state index in [1.54, 1.807) is 17.8 Å². The Morgan fingerprint density at radius 1 is 1.23 bits per heavy atom. The molecule has 0 saturated carbocycles. The fourth-order valence-corrected chi connectivity index (χ4v) is 2.66. The van der Waals surface area contributed by atoms with Gasteiger partial charge in [-0.2, -0.15) is 10.1 Å². The molecule has 0 aliphatic heterocycles. The van der Waals surface area contributed by atoms with Crippen molar-refractivity contribution in [2.45, 2.75) is 13.5 Å². The number of nitrogens with one attached hydrogen (secondary N) is 1. The van der Waals surface area contributed by atoms with Gasteiger partial charge in [0.1, 0.15) is 0 Å². The molecule has 0 atom stereocenters. The first kappa shape index (κ1) is 17.4. The summed E-state index contributed by atoms with van der Waals surface area (Å²) in [5, 5.41) is 4.20. The van der Waals surface area contributed by atoms with Crippen molar-refractivity contribution in [3.63, 3.8) is 0 Å². The lowest BCUT2D eigenvalue weighted by atomic mass is 10.2. The Morgan fingerprint density at radius 3 is 2.58 bits per heavy atom. The highest BCUT2D eigenvalue weighted by atomic mass is 16.2. The van der Waals surface area contributed by atoms with E-state index in [9.17, 15) is 9.59 Å². The average Bonchev–Trinajstić information content (AvgIpc) is 2.97. The Balaban J connectivity index is 2.12. The van der Waals surface area contributed by atoms with Crippen LogP contribution in [0.2, 0.25) is 0 Å². The number of hydrogen-bond acceptors (Lipinski definition) is 5. The van der Waals surface area contributed by atoms with Crippen molar-refractivity contribution in [1.82, 2.24) is 18.7 Å². The Labute approximate surface area is 149 Å². The first-order chi connectivity index (χ1) is 12.4. The fraction of sp³-hybridized carbons (Fsp3) is 0.222. The molecule has 0 fully saturated rings. The number of imidazole rings is 1. The number of rotatable bonds is 5. The molecule has 0 amide bonds. The number of hydrogen-bond donors (Lipinski definition) is 1. The number of allylic oxidation sites excluding steroid dienone is 1. The van der Waals surface area contributed by atoms with Gasteiger partial charge in [0, 0.05) is 20.6 Å². The van der Waals surface area contributed by atoms with Crippen LogP contribution in [0, 0.1) is 0 Å². The molecule has 1 aromatic carbocycles. The summed E-state index contributed by atoms with van der Waals surface area (Å²) >= 11 is 0. The molecule has 3 rings (SSSR count). The van der Waals surface area contributed by atoms with Crippen LogP contribution in [0.1, 0.15) is 12.5 Å². The van der Waals surface area contributed by atoms with E-state index in [2.05, 4.69) is 22.1 Å². The summed E-state index contributed by atoms with van der Waals surface area (Å²) in [7, 11) is 3.03. The third-order valence-corrected chi connectivity index (χ3v) is 3.95. The van der Waals surface area contributed by atoms with E-state index in [0.717, 1.165) is 15.7 Å². The fourth-order valence-electron chi connectivity index (χ4n) is 2.66. The second kappa shape index (κ2) is 6.83. The zero-order valence-corrected chi connectivity index (χ0v) is 14.9. The highest BCUT2D eigenvalue weighted by Gasteiger charge is 2.18. The van der Waals surface area contributed by atoms with Crippen molar-refractivity contribution in [2.75, 3.05) is 5.43 Å². The standard InChI is InChI=1S/C18H20N6O2/c1-12(2)11-24-14-15(22(3)18(26)23(4)16(14)25)20-17(24)21-19-10-13-8-6-5-7-9-13/h5-10H,1,11H2,2-4H3,(H,20,21). The molecular formula is C18H20N6O2. The maximum atomic E-state index is 12.6. The third kappa shape index (κ3) is 3.08. The van der Waals surface area contributed by atoms with Gasteiger partial charge in [-0.05, 0) is 12.5 Å². The van der Waals surface area contributed by atoms with Gasteiger partial charge >= 0.3 is 5.69 Å². The summed E-state index contributed by atoms with van der Waals surface area (Å²) in [6.07, 6.45) is 1.65. The summed E-state index contributed by atoms with van der Waals surface area (Å²) in [4.78, 5) is 29.2. The van der Waals surface area contributed by atoms with E-state index in [4.69, 9.17) is 0 Å². The van der Waals surface area contributed by atoms with Gasteiger partial charge in [0.25, 0.3) is 5.56 Å². The molecule has 3 aromatic rings. The van der Waals surface area contributed by atoms with Crippen LogP contribution in [-0.2, 0) is 20.6 Å². The second-order valence-electron chi connectivity index (χ2n) is 6.14. The maximum Gasteiger partial charge on any atom is 0.332 e. The summed E-state index contributed by atoms with van der Waals surface area (Å²) in [5.74, 6) is 0.369. The van der Waals surface area contributed by atoms with Gasteiger partial charge in [0.05, 0.1) is 6.21 Å². The van der Waals surface area contributed by atoms with Crippen LogP contribution in [0.25, 0.3) is 11.2 Å². The van der Waals surface area contributed by atoms with Crippen LogP contribution in [0.15, 0.2) is 57.2 Å². The average molecular weight is 352 g/mol. The molecule has 8 heteroatoms. The van der Waals surface area contributed by atoms with Crippen molar-refractivity contribution in [1.29, 1.82) is 0 Å². The topological polar surface area (TPSA) is 86.2 Å². The summed E-state index contributed by atoms with van der Waals surface area (Å²) < 4.78 is 4.09. The maximum absolute atomic E-state index is 12.6. The van der Waals surface area contributed by atoms with Gasteiger partial charge in [0.15, 0.2) is 11.2 Å². The first-order valence-electron chi connectivity index (χ1n) is 8.05. The monoisotopic (exact) mass is 352 g/mol. The number of anilines is 1. The Bertz CT molecular complexity index is 1120. The van der Waals surface area contributed by atoms with E-state index in [-0.39, 0.29) is 0 Å². The molecule has 0 saturated heterocycles. The zero-order valence-electron chi connectivity index (χ0n) is 14.9. The number of hydrazone groups is 1. The summed E-state index contributed by atoms with van der Waals surface area (Å²) in [6.45, 7) is 6.14. The molecular weight excluding hydrogens is 332 g/mol. The lowest BCUT2D eigenvalue weighted by molar-refractivity contribution is 0.702. The number of aryl methyl sites for hydroxylation is 1. The Morgan fingerprint density at radius 2 is 1.92 bits per heavy atom. The normalized spacial score (nSPS) is 11.3. The lowest BCUT2D eigenvalue weighted by Crippen LogP contribution is -2.37. The summed E-state index contributed by atoms with van der Waals surface area (Å²) in [6, 6.07) is 9.59. The lowest BCUT2D eigenvalue weighted by Gasteiger charge is -2.08. The van der Waals surface area contributed by atoms with Crippen molar-refractivity contribution in [3.05, 3.63) is 68.9 Å². The van der Waals surface area contributed by atoms with Crippen molar-refractivity contribution < 1.29 is 0 Å². The number of fused-ring (bicyclic) bond motifs is 1. The van der Waals surface area contributed by atoms with Crippen LogP contribution < -0.4 is 16.7 Å². The molecule has 0 aliphatic rings. The summed E-state index contributed by atoms with van der Waals surface area (Å²) in [5.41, 5.74) is 4.43. The molecule has 0 unspecified atom stereocenters. The first-order valence-corrected chi connectivity index (χ1v) is 8.05. The molecule has 2 heterocycles. The minimum Gasteiger partial charge on any atom is -0.299 e. The second-order valence-corrected chi connectivity index (χ2v) is 6.14. The Kier molecular flexibility index (Phi) is 4.57. The molecule has 0 bridgehead atoms. The van der Waals surface area contributed by atoms with Crippen LogP contribution in [-0.4, -0.2) is 24.9 Å². The smallest absolute Gasteiger partial charge is 0.299 e. The van der Waals surface area contributed by atoms with Crippen molar-refractivity contribution in [2.24, 2.45) is 19.2 Å². The highest BCUT2D eigenvalue weighted by molar-refractivity contribution is 5.80. The molecule has 134 valence electrons. The minimum absolute atomic E-state index is 0.303. The number of nitrogens with zero attached hydrogens (tertiary/aromatic N) is 5. The van der Waals surface area contributed by atoms with Crippen LogP contribution in [0.3, 0.4) is 0 Å². The zero-order chi connectivity index (χ0) is 18.8. The van der Waals surface area contributed by atoms with Crippen LogP contribution in [0.4, 0.5) is 5.95 Å². The predicted octanol–water partition coefficient (Wildman–Crippen LogP) is 1.46.